The van der Waals surface area contributed by atoms with Crippen molar-refractivity contribution in [3.05, 3.63) is 54.3 Å². The highest BCUT2D eigenvalue weighted by molar-refractivity contribution is 7.91. The molecule has 10 heteroatoms. The van der Waals surface area contributed by atoms with Crippen molar-refractivity contribution in [1.29, 1.82) is 0 Å². The Hall–Kier alpha value is -3.40. The van der Waals surface area contributed by atoms with E-state index in [9.17, 15) is 17.6 Å². The van der Waals surface area contributed by atoms with Gasteiger partial charge in [0, 0.05) is 38.2 Å². The van der Waals surface area contributed by atoms with Gasteiger partial charge in [0.05, 0.1) is 11.5 Å². The van der Waals surface area contributed by atoms with E-state index in [1.165, 1.54) is 12.1 Å². The number of hydrogen-bond acceptors (Lipinski definition) is 7. The van der Waals surface area contributed by atoms with Crippen LogP contribution >= 0.6 is 0 Å². The molecule has 1 aromatic heterocycles. The third-order valence-corrected chi connectivity index (χ3v) is 7.26. The Bertz CT molecular complexity index is 1250. The standard InChI is InChI=1S/C24H26FN3O5S/c1-3-21(29)27-13-15-28(16-14-27)24-23(34(30,31)20-11-7-18(25)8-12-20)26-22(33-24)17-5-9-19(10-6-17)32-4-2/h5-12H,3-4,13-16H2,1-2H3. The highest BCUT2D eigenvalue weighted by atomic mass is 32.2. The van der Waals surface area contributed by atoms with Crippen molar-refractivity contribution < 1.29 is 26.8 Å². The van der Waals surface area contributed by atoms with Crippen molar-refractivity contribution in [2.45, 2.75) is 30.2 Å². The van der Waals surface area contributed by atoms with Crippen LogP contribution in [0.25, 0.3) is 11.5 Å². The summed E-state index contributed by atoms with van der Waals surface area (Å²) in [5.74, 6) is 0.439. The largest absolute Gasteiger partial charge is 0.494 e. The molecule has 0 unspecified atom stereocenters. The second kappa shape index (κ2) is 9.84. The van der Waals surface area contributed by atoms with Gasteiger partial charge in [-0.05, 0) is 55.5 Å². The highest BCUT2D eigenvalue weighted by Gasteiger charge is 2.33. The van der Waals surface area contributed by atoms with Crippen LogP contribution in [0.3, 0.4) is 0 Å². The summed E-state index contributed by atoms with van der Waals surface area (Å²) in [6, 6.07) is 11.6. The fourth-order valence-corrected chi connectivity index (χ4v) is 5.09. The number of nitrogens with zero attached hydrogens (tertiary/aromatic N) is 3. The summed E-state index contributed by atoms with van der Waals surface area (Å²) >= 11 is 0. The highest BCUT2D eigenvalue weighted by Crippen LogP contribution is 2.35. The number of aromatic nitrogens is 1. The van der Waals surface area contributed by atoms with Gasteiger partial charge in [0.1, 0.15) is 11.6 Å². The summed E-state index contributed by atoms with van der Waals surface area (Å²) in [7, 11) is -4.09. The number of hydrogen-bond donors (Lipinski definition) is 0. The molecule has 1 amide bonds. The summed E-state index contributed by atoms with van der Waals surface area (Å²) in [4.78, 5) is 19.8. The van der Waals surface area contributed by atoms with E-state index in [0.29, 0.717) is 50.5 Å². The van der Waals surface area contributed by atoms with E-state index in [-0.39, 0.29) is 27.6 Å². The van der Waals surface area contributed by atoms with Crippen LogP contribution in [0, 0.1) is 5.82 Å². The van der Waals surface area contributed by atoms with Crippen molar-refractivity contribution in [2.75, 3.05) is 37.7 Å². The van der Waals surface area contributed by atoms with Crippen molar-refractivity contribution in [3.63, 3.8) is 0 Å². The first-order valence-electron chi connectivity index (χ1n) is 11.1. The Kier molecular flexibility index (Phi) is 6.87. The van der Waals surface area contributed by atoms with Crippen LogP contribution in [0.5, 0.6) is 5.75 Å². The fraction of sp³-hybridized carbons (Fsp3) is 0.333. The van der Waals surface area contributed by atoms with Crippen LogP contribution in [0.15, 0.2) is 62.9 Å². The zero-order valence-electron chi connectivity index (χ0n) is 19.0. The SMILES string of the molecule is CCOc1ccc(-c2nc(S(=O)(=O)c3ccc(F)cc3)c(N3CCN(C(=O)CC)CC3)o2)cc1. The van der Waals surface area contributed by atoms with Gasteiger partial charge < -0.3 is 19.0 Å². The number of sulfone groups is 1. The zero-order valence-corrected chi connectivity index (χ0v) is 19.8. The number of carbonyl (C=O) groups excluding carboxylic acids is 1. The van der Waals surface area contributed by atoms with E-state index in [1.54, 1.807) is 34.1 Å². The summed E-state index contributed by atoms with van der Waals surface area (Å²) in [5, 5.41) is -0.238. The van der Waals surface area contributed by atoms with Gasteiger partial charge in [-0.15, -0.1) is 0 Å². The molecule has 0 aliphatic carbocycles. The number of piperazine rings is 1. The molecule has 1 aliphatic heterocycles. The lowest BCUT2D eigenvalue weighted by Gasteiger charge is -2.34. The van der Waals surface area contributed by atoms with Crippen LogP contribution in [-0.2, 0) is 14.6 Å². The predicted octanol–water partition coefficient (Wildman–Crippen LogP) is 3.77. The molecule has 0 radical (unpaired) electrons. The molecule has 0 saturated carbocycles. The molecule has 0 spiro atoms. The topological polar surface area (TPSA) is 93.0 Å². The Morgan fingerprint density at radius 3 is 2.26 bits per heavy atom. The van der Waals surface area contributed by atoms with Gasteiger partial charge in [0.2, 0.25) is 32.5 Å². The van der Waals surface area contributed by atoms with Crippen molar-refractivity contribution in [3.8, 4) is 17.2 Å². The van der Waals surface area contributed by atoms with E-state index in [0.717, 1.165) is 12.1 Å². The maximum atomic E-state index is 13.5. The monoisotopic (exact) mass is 487 g/mol. The average molecular weight is 488 g/mol. The maximum Gasteiger partial charge on any atom is 0.236 e. The molecule has 2 heterocycles. The second-order valence-electron chi connectivity index (χ2n) is 7.77. The van der Waals surface area contributed by atoms with E-state index >= 15 is 0 Å². The molecule has 3 aromatic rings. The lowest BCUT2D eigenvalue weighted by Crippen LogP contribution is -2.48. The van der Waals surface area contributed by atoms with Crippen molar-refractivity contribution in [1.82, 2.24) is 9.88 Å². The molecule has 8 nitrogen and oxygen atoms in total. The third kappa shape index (κ3) is 4.77. The first-order valence-corrected chi connectivity index (χ1v) is 12.6. The molecular weight excluding hydrogens is 461 g/mol. The van der Waals surface area contributed by atoms with E-state index in [4.69, 9.17) is 9.15 Å². The molecular formula is C24H26FN3O5S. The molecule has 180 valence electrons. The summed E-state index contributed by atoms with van der Waals surface area (Å²) in [6.07, 6.45) is 0.411. The Labute approximate surface area is 197 Å². The second-order valence-corrected chi connectivity index (χ2v) is 9.63. The number of benzene rings is 2. The van der Waals surface area contributed by atoms with E-state index in [2.05, 4.69) is 4.98 Å². The molecule has 2 aromatic carbocycles. The number of anilines is 1. The molecule has 1 fully saturated rings. The molecule has 0 atom stereocenters. The van der Waals surface area contributed by atoms with Gasteiger partial charge in [0.15, 0.2) is 0 Å². The summed E-state index contributed by atoms with van der Waals surface area (Å²) in [6.45, 7) is 5.90. The number of rotatable bonds is 7. The molecule has 1 saturated heterocycles. The van der Waals surface area contributed by atoms with Gasteiger partial charge >= 0.3 is 0 Å². The normalized spacial score (nSPS) is 14.3. The third-order valence-electron chi connectivity index (χ3n) is 5.59. The number of ether oxygens (including phenoxy) is 1. The van der Waals surface area contributed by atoms with Gasteiger partial charge in [-0.1, -0.05) is 6.92 Å². The Morgan fingerprint density at radius 1 is 1.03 bits per heavy atom. The molecule has 34 heavy (non-hydrogen) atoms. The first-order chi connectivity index (χ1) is 16.3. The average Bonchev–Trinajstić information content (AvgIpc) is 3.31. The zero-order chi connectivity index (χ0) is 24.3. The summed E-state index contributed by atoms with van der Waals surface area (Å²) in [5.41, 5.74) is 0.588. The fourth-order valence-electron chi connectivity index (χ4n) is 3.76. The van der Waals surface area contributed by atoms with Gasteiger partial charge in [-0.3, -0.25) is 4.79 Å². The minimum atomic E-state index is -4.09. The molecule has 0 N–H and O–H groups in total. The Morgan fingerprint density at radius 2 is 1.68 bits per heavy atom. The van der Waals surface area contributed by atoms with E-state index in [1.807, 2.05) is 13.8 Å². The number of oxazole rings is 1. The van der Waals surface area contributed by atoms with Crippen molar-refractivity contribution >= 4 is 21.6 Å². The maximum absolute atomic E-state index is 13.5. The van der Waals surface area contributed by atoms with Crippen LogP contribution in [0.2, 0.25) is 0 Å². The van der Waals surface area contributed by atoms with Crippen LogP contribution in [-0.4, -0.2) is 57.0 Å². The van der Waals surface area contributed by atoms with Crippen LogP contribution in [0.4, 0.5) is 10.3 Å². The lowest BCUT2D eigenvalue weighted by molar-refractivity contribution is -0.131. The van der Waals surface area contributed by atoms with Gasteiger partial charge in [-0.25, -0.2) is 12.8 Å². The predicted molar refractivity (Wildman–Crippen MR) is 124 cm³/mol. The van der Waals surface area contributed by atoms with E-state index < -0.39 is 15.7 Å². The minimum absolute atomic E-state index is 0.0476. The lowest BCUT2D eigenvalue weighted by atomic mass is 10.2. The van der Waals surface area contributed by atoms with Crippen molar-refractivity contribution in [2.24, 2.45) is 0 Å². The molecule has 0 bridgehead atoms. The molecule has 4 rings (SSSR count). The smallest absolute Gasteiger partial charge is 0.236 e. The van der Waals surface area contributed by atoms with Crippen LogP contribution in [0.1, 0.15) is 20.3 Å². The summed E-state index contributed by atoms with van der Waals surface area (Å²) < 4.78 is 51.8. The minimum Gasteiger partial charge on any atom is -0.494 e. The Balaban J connectivity index is 1.73. The number of halogens is 1. The van der Waals surface area contributed by atoms with Gasteiger partial charge in [0.25, 0.3) is 0 Å². The first kappa shape index (κ1) is 23.7. The van der Waals surface area contributed by atoms with Crippen LogP contribution < -0.4 is 9.64 Å². The molecule has 1 aliphatic rings. The van der Waals surface area contributed by atoms with Gasteiger partial charge in [-0.2, -0.15) is 4.98 Å². The number of carbonyl (C=O) groups is 1. The quantitative estimate of drug-likeness (QED) is 0.469. The number of amides is 1.